The van der Waals surface area contributed by atoms with Crippen LogP contribution in [0.15, 0.2) is 24.5 Å². The largest absolute Gasteiger partial charge is 0.466 e. The van der Waals surface area contributed by atoms with E-state index >= 15 is 0 Å². The number of hydrogen-bond donors (Lipinski definition) is 1. The van der Waals surface area contributed by atoms with Crippen LogP contribution in [0.25, 0.3) is 0 Å². The highest BCUT2D eigenvalue weighted by Gasteiger charge is 2.38. The molecule has 17 heavy (non-hydrogen) atoms. The minimum atomic E-state index is -1.23. The molecule has 0 amide bonds. The standard InChI is InChI=1S/C13H19NO3/c1-4-11(12(15)17-5-2)13(3,16)10-6-8-14-9-7-10/h6-9,11,16H,4-5H2,1-3H3. The molecule has 1 heterocycles. The molecule has 1 aromatic rings. The molecule has 0 fully saturated rings. The number of carbonyl (C=O) groups is 1. The van der Waals surface area contributed by atoms with Crippen LogP contribution in [-0.2, 0) is 15.1 Å². The summed E-state index contributed by atoms with van der Waals surface area (Å²) >= 11 is 0. The Morgan fingerprint density at radius 1 is 1.47 bits per heavy atom. The second-order valence-electron chi connectivity index (χ2n) is 4.10. The van der Waals surface area contributed by atoms with E-state index in [0.717, 1.165) is 0 Å². The molecule has 0 saturated carbocycles. The first-order valence-electron chi connectivity index (χ1n) is 5.83. The monoisotopic (exact) mass is 237 g/mol. The van der Waals surface area contributed by atoms with Gasteiger partial charge in [-0.1, -0.05) is 6.92 Å². The summed E-state index contributed by atoms with van der Waals surface area (Å²) in [7, 11) is 0. The molecule has 0 aromatic carbocycles. The van der Waals surface area contributed by atoms with Gasteiger partial charge < -0.3 is 9.84 Å². The van der Waals surface area contributed by atoms with Crippen molar-refractivity contribution in [3.63, 3.8) is 0 Å². The van der Waals surface area contributed by atoms with Crippen LogP contribution < -0.4 is 0 Å². The number of ether oxygens (including phenoxy) is 1. The van der Waals surface area contributed by atoms with Gasteiger partial charge in [0.05, 0.1) is 12.5 Å². The van der Waals surface area contributed by atoms with E-state index in [1.165, 1.54) is 0 Å². The third-order valence-electron chi connectivity index (χ3n) is 2.92. The summed E-state index contributed by atoms with van der Waals surface area (Å²) in [5.74, 6) is -0.929. The number of pyridine rings is 1. The molecule has 4 heteroatoms. The summed E-state index contributed by atoms with van der Waals surface area (Å²) in [5, 5.41) is 10.5. The van der Waals surface area contributed by atoms with Crippen LogP contribution in [0.5, 0.6) is 0 Å². The van der Waals surface area contributed by atoms with E-state index in [4.69, 9.17) is 4.74 Å². The van der Waals surface area contributed by atoms with E-state index < -0.39 is 11.5 Å². The van der Waals surface area contributed by atoms with E-state index in [1.807, 2.05) is 6.92 Å². The molecule has 0 aliphatic heterocycles. The lowest BCUT2D eigenvalue weighted by molar-refractivity contribution is -0.158. The third-order valence-corrected chi connectivity index (χ3v) is 2.92. The maximum absolute atomic E-state index is 11.8. The fraction of sp³-hybridized carbons (Fsp3) is 0.538. The quantitative estimate of drug-likeness (QED) is 0.794. The SMILES string of the molecule is CCOC(=O)C(CC)C(C)(O)c1ccncc1. The van der Waals surface area contributed by atoms with Crippen LogP contribution in [0.2, 0.25) is 0 Å². The average Bonchev–Trinajstić information content (AvgIpc) is 2.31. The van der Waals surface area contributed by atoms with Gasteiger partial charge in [-0.3, -0.25) is 9.78 Å². The molecule has 0 radical (unpaired) electrons. The van der Waals surface area contributed by atoms with Crippen LogP contribution in [0.1, 0.15) is 32.8 Å². The van der Waals surface area contributed by atoms with Gasteiger partial charge in [0.15, 0.2) is 0 Å². The summed E-state index contributed by atoms with van der Waals surface area (Å²) in [5.41, 5.74) is -0.559. The number of nitrogens with zero attached hydrogens (tertiary/aromatic N) is 1. The average molecular weight is 237 g/mol. The molecule has 0 saturated heterocycles. The lowest BCUT2D eigenvalue weighted by atomic mass is 9.81. The maximum atomic E-state index is 11.8. The summed E-state index contributed by atoms with van der Waals surface area (Å²) in [6, 6.07) is 3.42. The zero-order valence-corrected chi connectivity index (χ0v) is 10.5. The first-order chi connectivity index (χ1) is 8.04. The van der Waals surface area contributed by atoms with Gasteiger partial charge in [0.1, 0.15) is 5.60 Å². The molecule has 0 spiro atoms. The molecule has 4 nitrogen and oxygen atoms in total. The van der Waals surface area contributed by atoms with Crippen molar-refractivity contribution in [2.45, 2.75) is 32.8 Å². The Balaban J connectivity index is 2.98. The highest BCUT2D eigenvalue weighted by Crippen LogP contribution is 2.32. The molecule has 0 bridgehead atoms. The number of aromatic nitrogens is 1. The molecule has 0 aliphatic carbocycles. The lowest BCUT2D eigenvalue weighted by Gasteiger charge is -2.30. The van der Waals surface area contributed by atoms with Gasteiger partial charge in [-0.05, 0) is 38.0 Å². The van der Waals surface area contributed by atoms with Crippen LogP contribution >= 0.6 is 0 Å². The van der Waals surface area contributed by atoms with Gasteiger partial charge >= 0.3 is 5.97 Å². The smallest absolute Gasteiger partial charge is 0.312 e. The Bertz CT molecular complexity index is 362. The molecule has 2 atom stereocenters. The zero-order chi connectivity index (χ0) is 12.9. The third kappa shape index (κ3) is 3.03. The van der Waals surface area contributed by atoms with E-state index in [9.17, 15) is 9.90 Å². The Hall–Kier alpha value is -1.42. The molecule has 1 rings (SSSR count). The van der Waals surface area contributed by atoms with Crippen LogP contribution in [0.4, 0.5) is 0 Å². The fourth-order valence-corrected chi connectivity index (χ4v) is 1.93. The molecule has 94 valence electrons. The highest BCUT2D eigenvalue weighted by molar-refractivity contribution is 5.74. The molecule has 1 aromatic heterocycles. The number of hydrogen-bond acceptors (Lipinski definition) is 4. The van der Waals surface area contributed by atoms with E-state index in [1.54, 1.807) is 38.4 Å². The molecular formula is C13H19NO3. The highest BCUT2D eigenvalue weighted by atomic mass is 16.5. The predicted molar refractivity (Wildman–Crippen MR) is 64.2 cm³/mol. The van der Waals surface area contributed by atoms with Gasteiger partial charge in [0, 0.05) is 12.4 Å². The molecular weight excluding hydrogens is 218 g/mol. The Morgan fingerprint density at radius 2 is 2.06 bits per heavy atom. The topological polar surface area (TPSA) is 59.4 Å². The van der Waals surface area contributed by atoms with Crippen molar-refractivity contribution >= 4 is 5.97 Å². The summed E-state index contributed by atoms with van der Waals surface area (Å²) in [4.78, 5) is 15.7. The van der Waals surface area contributed by atoms with Crippen molar-refractivity contribution in [3.8, 4) is 0 Å². The predicted octanol–water partition coefficient (Wildman–Crippen LogP) is 1.88. The fourth-order valence-electron chi connectivity index (χ4n) is 1.93. The number of esters is 1. The molecule has 0 aliphatic rings. The van der Waals surface area contributed by atoms with Crippen molar-refractivity contribution in [1.82, 2.24) is 4.98 Å². The normalized spacial score (nSPS) is 16.0. The minimum Gasteiger partial charge on any atom is -0.466 e. The first kappa shape index (κ1) is 13.6. The van der Waals surface area contributed by atoms with Crippen molar-refractivity contribution < 1.29 is 14.6 Å². The van der Waals surface area contributed by atoms with Gasteiger partial charge in [0.25, 0.3) is 0 Å². The van der Waals surface area contributed by atoms with Crippen molar-refractivity contribution in [2.24, 2.45) is 5.92 Å². The summed E-state index contributed by atoms with van der Waals surface area (Å²) in [6.45, 7) is 5.57. The Morgan fingerprint density at radius 3 is 2.53 bits per heavy atom. The van der Waals surface area contributed by atoms with E-state index in [0.29, 0.717) is 18.6 Å². The number of rotatable bonds is 5. The first-order valence-corrected chi connectivity index (χ1v) is 5.83. The van der Waals surface area contributed by atoms with E-state index in [2.05, 4.69) is 4.98 Å². The van der Waals surface area contributed by atoms with Crippen molar-refractivity contribution in [3.05, 3.63) is 30.1 Å². The van der Waals surface area contributed by atoms with Gasteiger partial charge in [0.2, 0.25) is 0 Å². The van der Waals surface area contributed by atoms with Crippen molar-refractivity contribution in [2.75, 3.05) is 6.61 Å². The van der Waals surface area contributed by atoms with Crippen molar-refractivity contribution in [1.29, 1.82) is 0 Å². The van der Waals surface area contributed by atoms with Gasteiger partial charge in [-0.15, -0.1) is 0 Å². The maximum Gasteiger partial charge on any atom is 0.312 e. The zero-order valence-electron chi connectivity index (χ0n) is 10.5. The second kappa shape index (κ2) is 5.77. The van der Waals surface area contributed by atoms with Gasteiger partial charge in [-0.2, -0.15) is 0 Å². The summed E-state index contributed by atoms with van der Waals surface area (Å²) < 4.78 is 4.99. The number of carbonyl (C=O) groups excluding carboxylic acids is 1. The number of aliphatic hydroxyl groups is 1. The minimum absolute atomic E-state index is 0.321. The van der Waals surface area contributed by atoms with Gasteiger partial charge in [-0.25, -0.2) is 0 Å². The summed E-state index contributed by atoms with van der Waals surface area (Å²) in [6.07, 6.45) is 3.72. The molecule has 1 N–H and O–H groups in total. The van der Waals surface area contributed by atoms with Crippen LogP contribution in [0, 0.1) is 5.92 Å². The molecule has 2 unspecified atom stereocenters. The van der Waals surface area contributed by atoms with E-state index in [-0.39, 0.29) is 5.97 Å². The Kier molecular flexibility index (Phi) is 4.63. The lowest BCUT2D eigenvalue weighted by Crippen LogP contribution is -2.38. The van der Waals surface area contributed by atoms with Crippen LogP contribution in [0.3, 0.4) is 0 Å². The second-order valence-corrected chi connectivity index (χ2v) is 4.10. The Labute approximate surface area is 102 Å². The van der Waals surface area contributed by atoms with Crippen LogP contribution in [-0.4, -0.2) is 22.7 Å².